The molecule has 2 aromatic carbocycles. The van der Waals surface area contributed by atoms with E-state index in [0.29, 0.717) is 27.6 Å². The lowest BCUT2D eigenvalue weighted by Gasteiger charge is -2.29. The molecular weight excluding hydrogens is 534 g/mol. The van der Waals surface area contributed by atoms with Crippen molar-refractivity contribution in [1.29, 1.82) is 0 Å². The van der Waals surface area contributed by atoms with E-state index in [0.717, 1.165) is 49.3 Å². The molecule has 7 rings (SSSR count). The number of thiazole rings is 1. The average molecular weight is 566 g/mol. The lowest BCUT2D eigenvalue weighted by molar-refractivity contribution is -0.118. The highest BCUT2D eigenvalue weighted by Crippen LogP contribution is 2.31. The Morgan fingerprint density at radius 2 is 1.80 bits per heavy atom. The third-order valence-corrected chi connectivity index (χ3v) is 9.14. The summed E-state index contributed by atoms with van der Waals surface area (Å²) >= 11 is 1.33. The lowest BCUT2D eigenvalue weighted by atomic mass is 9.88. The number of benzene rings is 2. The molecule has 1 amide bonds. The number of rotatable bonds is 6. The van der Waals surface area contributed by atoms with Crippen molar-refractivity contribution in [1.82, 2.24) is 29.0 Å². The number of carbonyl (C=O) groups excluding carboxylic acids is 1. The zero-order valence-electron chi connectivity index (χ0n) is 22.9. The Morgan fingerprint density at radius 3 is 2.59 bits per heavy atom. The van der Waals surface area contributed by atoms with E-state index in [4.69, 9.17) is 0 Å². The van der Waals surface area contributed by atoms with E-state index in [1.165, 1.54) is 40.6 Å². The van der Waals surface area contributed by atoms with Crippen molar-refractivity contribution in [3.8, 4) is 11.1 Å². The van der Waals surface area contributed by atoms with E-state index in [9.17, 15) is 9.59 Å². The minimum Gasteiger partial charge on any atom is -0.334 e. The monoisotopic (exact) mass is 565 g/mol. The van der Waals surface area contributed by atoms with Crippen LogP contribution in [0.3, 0.4) is 0 Å². The fourth-order valence-electron chi connectivity index (χ4n) is 6.16. The van der Waals surface area contributed by atoms with Gasteiger partial charge in [-0.3, -0.25) is 19.5 Å². The van der Waals surface area contributed by atoms with Crippen LogP contribution < -0.4 is 10.9 Å². The number of anilines is 1. The number of fused-ring (bicyclic) bond motifs is 2. The van der Waals surface area contributed by atoms with Crippen molar-refractivity contribution in [3.63, 3.8) is 0 Å². The minimum atomic E-state index is -0.963. The molecule has 9 nitrogen and oxygen atoms in total. The van der Waals surface area contributed by atoms with E-state index in [1.54, 1.807) is 17.9 Å². The van der Waals surface area contributed by atoms with Crippen LogP contribution in [0.15, 0.2) is 71.5 Å². The molecule has 0 radical (unpaired) electrons. The molecule has 10 heteroatoms. The molecule has 0 spiro atoms. The third-order valence-electron chi connectivity index (χ3n) is 8.46. The van der Waals surface area contributed by atoms with Gasteiger partial charge in [0.25, 0.3) is 11.5 Å². The predicted octanol–water partition coefficient (Wildman–Crippen LogP) is 4.70. The fourth-order valence-corrected chi connectivity index (χ4v) is 6.69. The zero-order chi connectivity index (χ0) is 27.9. The number of amides is 1. The summed E-state index contributed by atoms with van der Waals surface area (Å²) in [5.41, 5.74) is 5.23. The first-order valence-corrected chi connectivity index (χ1v) is 15.0. The largest absolute Gasteiger partial charge is 0.334 e. The summed E-state index contributed by atoms with van der Waals surface area (Å²) in [5, 5.41) is 5.61. The Kier molecular flexibility index (Phi) is 6.72. The first-order valence-electron chi connectivity index (χ1n) is 14.1. The minimum absolute atomic E-state index is 0.279. The van der Waals surface area contributed by atoms with Crippen LogP contribution >= 0.6 is 11.3 Å². The van der Waals surface area contributed by atoms with Gasteiger partial charge in [-0.1, -0.05) is 30.3 Å². The second-order valence-electron chi connectivity index (χ2n) is 11.0. The number of hydrogen-bond donors (Lipinski definition) is 1. The van der Waals surface area contributed by atoms with Crippen molar-refractivity contribution >= 4 is 33.3 Å². The number of nitrogens with one attached hydrogen (secondary N) is 1. The summed E-state index contributed by atoms with van der Waals surface area (Å²) in [6.07, 6.45) is 9.00. The van der Waals surface area contributed by atoms with Gasteiger partial charge in [-0.25, -0.2) is 15.0 Å². The average Bonchev–Trinajstić information content (AvgIpc) is 3.76. The van der Waals surface area contributed by atoms with E-state index in [-0.39, 0.29) is 11.5 Å². The lowest BCUT2D eigenvalue weighted by Crippen LogP contribution is -2.35. The maximum atomic E-state index is 14.0. The number of nitrogens with zero attached hydrogens (tertiary/aromatic N) is 6. The molecule has 1 fully saturated rings. The molecule has 1 saturated heterocycles. The first-order chi connectivity index (χ1) is 20.0. The van der Waals surface area contributed by atoms with E-state index in [2.05, 4.69) is 61.0 Å². The highest BCUT2D eigenvalue weighted by atomic mass is 32.1. The van der Waals surface area contributed by atoms with E-state index < -0.39 is 6.04 Å². The van der Waals surface area contributed by atoms with E-state index in [1.807, 2.05) is 18.2 Å². The van der Waals surface area contributed by atoms with Crippen LogP contribution in [0.2, 0.25) is 0 Å². The van der Waals surface area contributed by atoms with Crippen LogP contribution in [0.4, 0.5) is 5.13 Å². The van der Waals surface area contributed by atoms with Gasteiger partial charge in [0.15, 0.2) is 11.2 Å². The normalized spacial score (nSPS) is 16.6. The number of likely N-dealkylation sites (tertiary alicyclic amines) is 1. The van der Waals surface area contributed by atoms with Gasteiger partial charge in [0.05, 0.1) is 29.3 Å². The van der Waals surface area contributed by atoms with Crippen LogP contribution in [-0.4, -0.2) is 55.0 Å². The molecule has 5 aromatic rings. The molecule has 2 aliphatic heterocycles. The summed E-state index contributed by atoms with van der Waals surface area (Å²) < 4.78 is 3.48. The number of carbonyl (C=O) groups is 1. The molecule has 3 aromatic heterocycles. The van der Waals surface area contributed by atoms with Crippen LogP contribution in [-0.2, 0) is 17.8 Å². The maximum absolute atomic E-state index is 14.0. The fraction of sp³-hybridized carbons (Fsp3) is 0.323. The second kappa shape index (κ2) is 10.7. The van der Waals surface area contributed by atoms with Gasteiger partial charge in [-0.05, 0) is 80.6 Å². The number of piperidine rings is 1. The summed E-state index contributed by atoms with van der Waals surface area (Å²) in [6, 6.07) is 13.5. The third kappa shape index (κ3) is 4.87. The number of aryl methyl sites for hydroxylation is 1. The molecule has 1 atom stereocenters. The summed E-state index contributed by atoms with van der Waals surface area (Å²) in [6.45, 7) is 3.11. The Bertz CT molecular complexity index is 1770. The van der Waals surface area contributed by atoms with Crippen LogP contribution in [0, 0.1) is 0 Å². The second-order valence-corrected chi connectivity index (χ2v) is 11.9. The van der Waals surface area contributed by atoms with Crippen LogP contribution in [0.1, 0.15) is 48.2 Å². The number of hydrogen-bond acceptors (Lipinski definition) is 7. The Balaban J connectivity index is 1.26. The van der Waals surface area contributed by atoms with Crippen molar-refractivity contribution in [2.24, 2.45) is 0 Å². The SMILES string of the molecule is CN1CCC(c2ccc(-c3ccc4ncn(C(C(=O)Nc5nccs5)c5ncn6c5CCC6)c(=O)c4c3)cc2)CC1. The molecule has 41 heavy (non-hydrogen) atoms. The molecule has 1 N–H and O–H groups in total. The molecule has 0 aliphatic carbocycles. The summed E-state index contributed by atoms with van der Waals surface area (Å²) in [5.74, 6) is 0.224. The Labute approximate surface area is 241 Å². The number of imidazole rings is 1. The maximum Gasteiger partial charge on any atom is 0.262 e. The topological polar surface area (TPSA) is 97.9 Å². The molecule has 1 unspecified atom stereocenters. The van der Waals surface area contributed by atoms with Gasteiger partial charge in [-0.15, -0.1) is 11.3 Å². The molecule has 2 aliphatic rings. The quantitative estimate of drug-likeness (QED) is 0.321. The van der Waals surface area contributed by atoms with Gasteiger partial charge in [0.2, 0.25) is 0 Å². The Hall–Kier alpha value is -4.15. The van der Waals surface area contributed by atoms with Crippen LogP contribution in [0.25, 0.3) is 22.0 Å². The molecule has 0 bridgehead atoms. The highest BCUT2D eigenvalue weighted by Gasteiger charge is 2.32. The molecule has 0 saturated carbocycles. The summed E-state index contributed by atoms with van der Waals surface area (Å²) in [7, 11) is 2.18. The van der Waals surface area contributed by atoms with Gasteiger partial charge in [0.1, 0.15) is 0 Å². The smallest absolute Gasteiger partial charge is 0.262 e. The highest BCUT2D eigenvalue weighted by molar-refractivity contribution is 7.13. The van der Waals surface area contributed by atoms with Crippen LogP contribution in [0.5, 0.6) is 0 Å². The van der Waals surface area contributed by atoms with Crippen molar-refractivity contribution in [2.45, 2.75) is 44.2 Å². The van der Waals surface area contributed by atoms with Crippen molar-refractivity contribution in [2.75, 3.05) is 25.5 Å². The van der Waals surface area contributed by atoms with Crippen molar-refractivity contribution < 1.29 is 4.79 Å². The predicted molar refractivity (Wildman–Crippen MR) is 160 cm³/mol. The molecule has 5 heterocycles. The van der Waals surface area contributed by atoms with Gasteiger partial charge in [0, 0.05) is 23.8 Å². The molecular formula is C31H31N7O2S. The Morgan fingerprint density at radius 1 is 1.00 bits per heavy atom. The standard InChI is InChI=1S/C31H31N7O2S/c1-36-14-10-22(11-15-36)20-4-6-21(7-5-20)23-8-9-25-24(17-23)30(40)38(19-33-25)28(29(39)35-31-32-12-16-41-31)27-26-3-2-13-37(26)18-34-27/h4-9,12,16-19,22,28H,2-3,10-11,13-15H2,1H3,(H,32,35,39). The van der Waals surface area contributed by atoms with Crippen molar-refractivity contribution in [3.05, 3.63) is 94.0 Å². The zero-order valence-corrected chi connectivity index (χ0v) is 23.7. The van der Waals surface area contributed by atoms with Gasteiger partial charge in [-0.2, -0.15) is 0 Å². The van der Waals surface area contributed by atoms with E-state index >= 15 is 0 Å². The number of aromatic nitrogens is 5. The summed E-state index contributed by atoms with van der Waals surface area (Å²) in [4.78, 5) is 43.5. The first kappa shape index (κ1) is 25.8. The van der Waals surface area contributed by atoms with Gasteiger partial charge < -0.3 is 9.47 Å². The molecule has 208 valence electrons. The van der Waals surface area contributed by atoms with Gasteiger partial charge >= 0.3 is 0 Å².